The molecule has 1 aromatic carbocycles. The van der Waals surface area contributed by atoms with Crippen molar-refractivity contribution in [3.63, 3.8) is 0 Å². The first kappa shape index (κ1) is 12.5. The molecule has 3 amide bonds. The second kappa shape index (κ2) is 6.12. The molecule has 17 heavy (non-hydrogen) atoms. The Kier molecular flexibility index (Phi) is 4.51. The SMILES string of the molecule is N#Cc1cccc(C(=O)NCCNC(N)=O)c1. The van der Waals surface area contributed by atoms with Crippen molar-refractivity contribution < 1.29 is 9.59 Å². The molecule has 0 fully saturated rings. The summed E-state index contributed by atoms with van der Waals surface area (Å²) in [6.07, 6.45) is 0. The van der Waals surface area contributed by atoms with E-state index in [4.69, 9.17) is 11.0 Å². The monoisotopic (exact) mass is 232 g/mol. The third-order valence-electron chi connectivity index (χ3n) is 1.96. The van der Waals surface area contributed by atoms with Crippen LogP contribution in [0.15, 0.2) is 24.3 Å². The van der Waals surface area contributed by atoms with E-state index in [1.807, 2.05) is 6.07 Å². The van der Waals surface area contributed by atoms with E-state index in [1.165, 1.54) is 6.07 Å². The summed E-state index contributed by atoms with van der Waals surface area (Å²) in [4.78, 5) is 22.0. The minimum atomic E-state index is -0.634. The molecule has 1 rings (SSSR count). The maximum atomic E-state index is 11.6. The zero-order valence-corrected chi connectivity index (χ0v) is 9.06. The van der Waals surface area contributed by atoms with Gasteiger partial charge in [-0.1, -0.05) is 6.07 Å². The smallest absolute Gasteiger partial charge is 0.312 e. The average Bonchev–Trinajstić information content (AvgIpc) is 2.34. The van der Waals surface area contributed by atoms with Crippen LogP contribution >= 0.6 is 0 Å². The van der Waals surface area contributed by atoms with Crippen LogP contribution in [-0.4, -0.2) is 25.0 Å². The Bertz CT molecular complexity index is 465. The van der Waals surface area contributed by atoms with Crippen molar-refractivity contribution in [2.45, 2.75) is 0 Å². The van der Waals surface area contributed by atoms with E-state index in [0.717, 1.165) is 0 Å². The first-order chi connectivity index (χ1) is 8.13. The summed E-state index contributed by atoms with van der Waals surface area (Å²) in [6, 6.07) is 7.67. The quantitative estimate of drug-likeness (QED) is 0.633. The van der Waals surface area contributed by atoms with Crippen molar-refractivity contribution in [1.29, 1.82) is 5.26 Å². The molecule has 1 aromatic rings. The number of benzene rings is 1. The maximum absolute atomic E-state index is 11.6. The van der Waals surface area contributed by atoms with Gasteiger partial charge in [0.1, 0.15) is 0 Å². The number of hydrogen-bond donors (Lipinski definition) is 3. The summed E-state index contributed by atoms with van der Waals surface area (Å²) in [7, 11) is 0. The molecule has 88 valence electrons. The number of nitrogens with zero attached hydrogens (tertiary/aromatic N) is 1. The summed E-state index contributed by atoms with van der Waals surface area (Å²) < 4.78 is 0. The van der Waals surface area contributed by atoms with Gasteiger partial charge in [0.2, 0.25) is 0 Å². The van der Waals surface area contributed by atoms with Gasteiger partial charge in [0.25, 0.3) is 5.91 Å². The van der Waals surface area contributed by atoms with Gasteiger partial charge in [-0.15, -0.1) is 0 Å². The molecule has 0 aliphatic carbocycles. The Morgan fingerprint density at radius 1 is 1.29 bits per heavy atom. The molecule has 6 nitrogen and oxygen atoms in total. The normalized spacial score (nSPS) is 9.12. The summed E-state index contributed by atoms with van der Waals surface area (Å²) in [5.74, 6) is -0.298. The van der Waals surface area contributed by atoms with Gasteiger partial charge in [0.05, 0.1) is 11.6 Å². The van der Waals surface area contributed by atoms with Crippen molar-refractivity contribution in [3.8, 4) is 6.07 Å². The lowest BCUT2D eigenvalue weighted by Gasteiger charge is -2.05. The largest absolute Gasteiger partial charge is 0.352 e. The number of carbonyl (C=O) groups is 2. The summed E-state index contributed by atoms with van der Waals surface area (Å²) in [5.41, 5.74) is 5.69. The van der Waals surface area contributed by atoms with Crippen molar-refractivity contribution in [2.75, 3.05) is 13.1 Å². The zero-order chi connectivity index (χ0) is 12.7. The van der Waals surface area contributed by atoms with Crippen molar-refractivity contribution in [2.24, 2.45) is 5.73 Å². The molecule has 0 atom stereocenters. The molecule has 0 aliphatic rings. The highest BCUT2D eigenvalue weighted by Gasteiger charge is 2.05. The number of nitrogens with one attached hydrogen (secondary N) is 2. The molecule has 0 aliphatic heterocycles. The van der Waals surface area contributed by atoms with Crippen LogP contribution in [0.4, 0.5) is 4.79 Å². The first-order valence-corrected chi connectivity index (χ1v) is 4.95. The number of amides is 3. The Hall–Kier alpha value is -2.55. The number of carbonyl (C=O) groups excluding carboxylic acids is 2. The number of primary amides is 1. The van der Waals surface area contributed by atoms with Gasteiger partial charge in [-0.25, -0.2) is 4.79 Å². The zero-order valence-electron chi connectivity index (χ0n) is 9.06. The van der Waals surface area contributed by atoms with E-state index in [9.17, 15) is 9.59 Å². The molecular formula is C11H12N4O2. The Morgan fingerprint density at radius 2 is 2.00 bits per heavy atom. The third-order valence-corrected chi connectivity index (χ3v) is 1.96. The molecular weight excluding hydrogens is 220 g/mol. The Labute approximate surface area is 98.4 Å². The van der Waals surface area contributed by atoms with Crippen molar-refractivity contribution >= 4 is 11.9 Å². The third kappa shape index (κ3) is 4.22. The summed E-state index contributed by atoms with van der Waals surface area (Å²) in [6.45, 7) is 0.539. The lowest BCUT2D eigenvalue weighted by atomic mass is 10.1. The lowest BCUT2D eigenvalue weighted by molar-refractivity contribution is 0.0954. The maximum Gasteiger partial charge on any atom is 0.312 e. The average molecular weight is 232 g/mol. The highest BCUT2D eigenvalue weighted by atomic mass is 16.2. The van der Waals surface area contributed by atoms with Gasteiger partial charge in [0.15, 0.2) is 0 Å². The number of nitrogens with two attached hydrogens (primary N) is 1. The van der Waals surface area contributed by atoms with E-state index >= 15 is 0 Å². The van der Waals surface area contributed by atoms with Crippen LogP contribution in [0.5, 0.6) is 0 Å². The predicted molar refractivity (Wildman–Crippen MR) is 61.1 cm³/mol. The van der Waals surface area contributed by atoms with Crippen LogP contribution in [0.3, 0.4) is 0 Å². The molecule has 0 aromatic heterocycles. The molecule has 4 N–H and O–H groups in total. The molecule has 0 heterocycles. The minimum absolute atomic E-state index is 0.263. The van der Waals surface area contributed by atoms with Crippen molar-refractivity contribution in [3.05, 3.63) is 35.4 Å². The molecule has 0 unspecified atom stereocenters. The van der Waals surface area contributed by atoms with Gasteiger partial charge in [0, 0.05) is 18.7 Å². The standard InChI is InChI=1S/C11H12N4O2/c12-7-8-2-1-3-9(6-8)10(16)14-4-5-15-11(13)17/h1-3,6H,4-5H2,(H,14,16)(H3,13,15,17). The van der Waals surface area contributed by atoms with Gasteiger partial charge in [-0.2, -0.15) is 5.26 Å². The number of hydrogen-bond acceptors (Lipinski definition) is 3. The highest BCUT2D eigenvalue weighted by Crippen LogP contribution is 2.03. The topological polar surface area (TPSA) is 108 Å². The molecule has 6 heteroatoms. The second-order valence-corrected chi connectivity index (χ2v) is 3.24. The molecule has 0 saturated carbocycles. The van der Waals surface area contributed by atoms with E-state index in [-0.39, 0.29) is 19.0 Å². The Morgan fingerprint density at radius 3 is 2.65 bits per heavy atom. The van der Waals surface area contributed by atoms with E-state index in [0.29, 0.717) is 11.1 Å². The predicted octanol–water partition coefficient (Wildman–Crippen LogP) is -0.0436. The fraction of sp³-hybridized carbons (Fsp3) is 0.182. The molecule has 0 bridgehead atoms. The fourth-order valence-electron chi connectivity index (χ4n) is 1.19. The lowest BCUT2D eigenvalue weighted by Crippen LogP contribution is -2.37. The van der Waals surface area contributed by atoms with E-state index in [1.54, 1.807) is 18.2 Å². The van der Waals surface area contributed by atoms with Crippen LogP contribution < -0.4 is 16.4 Å². The summed E-state index contributed by atoms with van der Waals surface area (Å²) >= 11 is 0. The number of rotatable bonds is 4. The van der Waals surface area contributed by atoms with Crippen LogP contribution in [-0.2, 0) is 0 Å². The molecule has 0 radical (unpaired) electrons. The minimum Gasteiger partial charge on any atom is -0.352 e. The van der Waals surface area contributed by atoms with Crippen molar-refractivity contribution in [1.82, 2.24) is 10.6 Å². The van der Waals surface area contributed by atoms with Crippen LogP contribution in [0.1, 0.15) is 15.9 Å². The fourth-order valence-corrected chi connectivity index (χ4v) is 1.19. The van der Waals surface area contributed by atoms with Crippen LogP contribution in [0, 0.1) is 11.3 Å². The molecule has 0 saturated heterocycles. The van der Waals surface area contributed by atoms with Gasteiger partial charge >= 0.3 is 6.03 Å². The Balaban J connectivity index is 2.47. The number of nitriles is 1. The van der Waals surface area contributed by atoms with E-state index in [2.05, 4.69) is 10.6 Å². The molecule has 0 spiro atoms. The number of urea groups is 1. The van der Waals surface area contributed by atoms with Crippen LogP contribution in [0.2, 0.25) is 0 Å². The summed E-state index contributed by atoms with van der Waals surface area (Å²) in [5, 5.41) is 13.6. The van der Waals surface area contributed by atoms with Gasteiger partial charge in [-0.05, 0) is 18.2 Å². The van der Waals surface area contributed by atoms with Gasteiger partial charge in [-0.3, -0.25) is 4.79 Å². The van der Waals surface area contributed by atoms with E-state index < -0.39 is 6.03 Å². The second-order valence-electron chi connectivity index (χ2n) is 3.24. The van der Waals surface area contributed by atoms with Crippen LogP contribution in [0.25, 0.3) is 0 Å². The highest BCUT2D eigenvalue weighted by molar-refractivity contribution is 5.94. The van der Waals surface area contributed by atoms with Gasteiger partial charge < -0.3 is 16.4 Å². The first-order valence-electron chi connectivity index (χ1n) is 4.95.